The molecule has 2 aliphatic heterocycles. The van der Waals surface area contributed by atoms with Crippen LogP contribution in [0.3, 0.4) is 0 Å². The minimum atomic E-state index is -0.623. The first kappa shape index (κ1) is 28.3. The Hall–Kier alpha value is -4.24. The zero-order valence-electron chi connectivity index (χ0n) is 22.7. The quantitative estimate of drug-likeness (QED) is 0.356. The lowest BCUT2D eigenvalue weighted by Gasteiger charge is -2.35. The van der Waals surface area contributed by atoms with Crippen LogP contribution in [-0.4, -0.2) is 41.4 Å². The molecule has 3 heterocycles. The number of nitrogens with zero attached hydrogens (tertiary/aromatic N) is 2. The maximum absolute atomic E-state index is 14.7. The van der Waals surface area contributed by atoms with Crippen molar-refractivity contribution in [2.75, 3.05) is 24.3 Å². The second-order valence-corrected chi connectivity index (χ2v) is 10.6. The van der Waals surface area contributed by atoms with E-state index in [4.69, 9.17) is 16.3 Å². The number of methoxy groups -OCH3 is 1. The minimum absolute atomic E-state index is 0.0218. The smallest absolute Gasteiger partial charge is 0.411 e. The van der Waals surface area contributed by atoms with E-state index in [1.807, 2.05) is 24.0 Å². The van der Waals surface area contributed by atoms with Gasteiger partial charge in [0.25, 0.3) is 0 Å². The molecule has 1 aromatic heterocycles. The van der Waals surface area contributed by atoms with Gasteiger partial charge in [0.05, 0.1) is 29.6 Å². The summed E-state index contributed by atoms with van der Waals surface area (Å²) in [6.45, 7) is 2.28. The van der Waals surface area contributed by atoms with Crippen LogP contribution >= 0.6 is 11.6 Å². The molecule has 2 N–H and O–H groups in total. The first-order valence-corrected chi connectivity index (χ1v) is 13.8. The molecule has 0 spiro atoms. The molecule has 8 nitrogen and oxygen atoms in total. The molecule has 212 valence electrons. The van der Waals surface area contributed by atoms with Gasteiger partial charge in [-0.15, -0.1) is 0 Å². The highest BCUT2D eigenvalue weighted by atomic mass is 35.5. The molecular weight excluding hydrogens is 547 g/mol. The highest BCUT2D eigenvalue weighted by molar-refractivity contribution is 6.31. The highest BCUT2D eigenvalue weighted by Crippen LogP contribution is 2.37. The van der Waals surface area contributed by atoms with Gasteiger partial charge in [0.1, 0.15) is 5.82 Å². The minimum Gasteiger partial charge on any atom is -0.453 e. The van der Waals surface area contributed by atoms with Gasteiger partial charge in [0.2, 0.25) is 11.8 Å². The molecule has 2 aliphatic rings. The number of hydrogen-bond donors (Lipinski definition) is 2. The van der Waals surface area contributed by atoms with E-state index in [-0.39, 0.29) is 28.8 Å². The van der Waals surface area contributed by atoms with Crippen molar-refractivity contribution in [3.63, 3.8) is 0 Å². The van der Waals surface area contributed by atoms with Crippen LogP contribution in [0.5, 0.6) is 0 Å². The van der Waals surface area contributed by atoms with Crippen molar-refractivity contribution in [1.29, 1.82) is 0 Å². The Morgan fingerprint density at radius 1 is 1.15 bits per heavy atom. The zero-order chi connectivity index (χ0) is 29.1. The summed E-state index contributed by atoms with van der Waals surface area (Å²) in [4.78, 5) is 44.7. The average molecular weight is 577 g/mol. The number of benzene rings is 2. The van der Waals surface area contributed by atoms with E-state index in [0.29, 0.717) is 66.0 Å². The van der Waals surface area contributed by atoms with Crippen LogP contribution in [0.2, 0.25) is 5.02 Å². The molecular formula is C31H30ClFN4O4. The number of pyridine rings is 1. The number of amides is 3. The van der Waals surface area contributed by atoms with Crippen LogP contribution in [0.25, 0.3) is 16.8 Å². The topological polar surface area (TPSA) is 101 Å². The van der Waals surface area contributed by atoms with E-state index >= 15 is 0 Å². The summed E-state index contributed by atoms with van der Waals surface area (Å²) in [5.74, 6) is -1.17. The molecule has 0 saturated carbocycles. The molecule has 0 fully saturated rings. The predicted molar refractivity (Wildman–Crippen MR) is 156 cm³/mol. The highest BCUT2D eigenvalue weighted by Gasteiger charge is 2.30. The molecule has 0 saturated heterocycles. The summed E-state index contributed by atoms with van der Waals surface area (Å²) in [5.41, 5.74) is 4.12. The van der Waals surface area contributed by atoms with E-state index in [0.717, 1.165) is 5.56 Å². The number of carbonyl (C=O) groups excluding carboxylic acids is 3. The van der Waals surface area contributed by atoms with Crippen LogP contribution in [0.1, 0.15) is 49.8 Å². The molecule has 2 atom stereocenters. The summed E-state index contributed by atoms with van der Waals surface area (Å²) in [7, 11) is 1.28. The van der Waals surface area contributed by atoms with Crippen LogP contribution < -0.4 is 10.6 Å². The second kappa shape index (κ2) is 12.1. The van der Waals surface area contributed by atoms with Crippen LogP contribution in [0.4, 0.5) is 20.6 Å². The number of carbonyl (C=O) groups is 3. The van der Waals surface area contributed by atoms with Crippen molar-refractivity contribution in [2.24, 2.45) is 5.92 Å². The number of anilines is 2. The summed E-state index contributed by atoms with van der Waals surface area (Å²) in [5, 5.41) is 5.64. The van der Waals surface area contributed by atoms with Gasteiger partial charge in [-0.05, 0) is 66.8 Å². The monoisotopic (exact) mass is 576 g/mol. The number of fused-ring (bicyclic) bond motifs is 4. The van der Waals surface area contributed by atoms with Gasteiger partial charge in [0, 0.05) is 41.5 Å². The molecule has 41 heavy (non-hydrogen) atoms. The molecule has 0 aliphatic carbocycles. The normalized spacial score (nSPS) is 19.2. The fourth-order valence-electron chi connectivity index (χ4n) is 5.35. The molecule has 3 amide bonds. The third-order valence-corrected chi connectivity index (χ3v) is 7.88. The van der Waals surface area contributed by atoms with Crippen molar-refractivity contribution in [3.05, 3.63) is 82.8 Å². The van der Waals surface area contributed by atoms with Gasteiger partial charge in [-0.2, -0.15) is 0 Å². The Labute approximate surface area is 242 Å². The first-order valence-electron chi connectivity index (χ1n) is 13.5. The van der Waals surface area contributed by atoms with E-state index in [1.165, 1.54) is 19.3 Å². The summed E-state index contributed by atoms with van der Waals surface area (Å²) in [6.07, 6.45) is 5.02. The van der Waals surface area contributed by atoms with Crippen LogP contribution in [0, 0.1) is 11.7 Å². The van der Waals surface area contributed by atoms with Crippen LogP contribution in [-0.2, 0) is 14.3 Å². The van der Waals surface area contributed by atoms with Gasteiger partial charge in [-0.3, -0.25) is 19.9 Å². The zero-order valence-corrected chi connectivity index (χ0v) is 23.5. The average Bonchev–Trinajstić information content (AvgIpc) is 2.96. The van der Waals surface area contributed by atoms with Gasteiger partial charge < -0.3 is 15.0 Å². The fraction of sp³-hybridized carbons (Fsp3) is 0.290. The van der Waals surface area contributed by atoms with Gasteiger partial charge in [0.15, 0.2) is 0 Å². The van der Waals surface area contributed by atoms with Crippen molar-refractivity contribution in [3.8, 4) is 11.3 Å². The molecule has 2 bridgehead atoms. The SMILES string of the molecule is COC(=O)Nc1ccc2c(c1)NC(=O)[C@H](C)CCC[C@H](N1CCC(c3cccc(Cl)c3F)=CC1=O)c1ccnc-2c1. The molecule has 0 unspecified atom stereocenters. The van der Waals surface area contributed by atoms with Crippen molar-refractivity contribution >= 4 is 46.5 Å². The largest absolute Gasteiger partial charge is 0.453 e. The number of halogens is 2. The Morgan fingerprint density at radius 2 is 1.98 bits per heavy atom. The third kappa shape index (κ3) is 6.10. The number of rotatable bonds is 3. The summed E-state index contributed by atoms with van der Waals surface area (Å²) in [6, 6.07) is 13.5. The second-order valence-electron chi connectivity index (χ2n) is 10.2. The molecule has 0 radical (unpaired) electrons. The molecule has 5 rings (SSSR count). The maximum Gasteiger partial charge on any atom is 0.411 e. The maximum atomic E-state index is 14.7. The van der Waals surface area contributed by atoms with Gasteiger partial charge in [-0.25, -0.2) is 9.18 Å². The number of hydrogen-bond acceptors (Lipinski definition) is 5. The van der Waals surface area contributed by atoms with Gasteiger partial charge >= 0.3 is 6.09 Å². The van der Waals surface area contributed by atoms with Crippen LogP contribution in [0.15, 0.2) is 60.8 Å². The van der Waals surface area contributed by atoms with E-state index in [1.54, 1.807) is 36.5 Å². The van der Waals surface area contributed by atoms with E-state index in [9.17, 15) is 18.8 Å². The van der Waals surface area contributed by atoms with Crippen molar-refractivity contribution in [2.45, 2.75) is 38.6 Å². The third-order valence-electron chi connectivity index (χ3n) is 7.59. The lowest BCUT2D eigenvalue weighted by atomic mass is 9.91. The molecule has 10 heteroatoms. The lowest BCUT2D eigenvalue weighted by molar-refractivity contribution is -0.129. The predicted octanol–water partition coefficient (Wildman–Crippen LogP) is 6.83. The Morgan fingerprint density at radius 3 is 2.76 bits per heavy atom. The van der Waals surface area contributed by atoms with Crippen molar-refractivity contribution in [1.82, 2.24) is 9.88 Å². The standard InChI is InChI=1S/C31H30ClFN4O4/c1-18-5-3-8-27(37-14-12-19(16-28(37)38)22-6-4-7-24(32)29(22)33)20-11-13-34-25(15-20)23-10-9-21(35-31(40)41-2)17-26(23)36-30(18)39/h4,6-7,9-11,13,15-18,27H,3,5,8,12,14H2,1-2H3,(H,35,40)(H,36,39)/t18-,27+/m1/s1. The lowest BCUT2D eigenvalue weighted by Crippen LogP contribution is -2.37. The summed E-state index contributed by atoms with van der Waals surface area (Å²) < 4.78 is 19.4. The van der Waals surface area contributed by atoms with Gasteiger partial charge in [-0.1, -0.05) is 37.1 Å². The number of nitrogens with one attached hydrogen (secondary N) is 2. The Balaban J connectivity index is 1.51. The van der Waals surface area contributed by atoms with E-state index < -0.39 is 11.9 Å². The Bertz CT molecular complexity index is 1540. The molecule has 2 aromatic carbocycles. The summed E-state index contributed by atoms with van der Waals surface area (Å²) >= 11 is 5.98. The first-order chi connectivity index (χ1) is 19.7. The Kier molecular flexibility index (Phi) is 8.35. The fourth-order valence-corrected chi connectivity index (χ4v) is 5.53. The molecule has 3 aromatic rings. The van der Waals surface area contributed by atoms with E-state index in [2.05, 4.69) is 15.6 Å². The number of aromatic nitrogens is 1. The van der Waals surface area contributed by atoms with Crippen molar-refractivity contribution < 1.29 is 23.5 Å². The number of ether oxygens (including phenoxy) is 1.